The zero-order valence-electron chi connectivity index (χ0n) is 12.7. The SMILES string of the molecule is Cc1ccccc1N1CCN(CCCC(C)C)CC1. The van der Waals surface area contributed by atoms with Crippen molar-refractivity contribution in [2.45, 2.75) is 33.6 Å². The number of hydrogen-bond donors (Lipinski definition) is 0. The number of benzene rings is 1. The second-order valence-corrected chi connectivity index (χ2v) is 6.15. The minimum Gasteiger partial charge on any atom is -0.369 e. The molecular formula is C17H28N2. The van der Waals surface area contributed by atoms with Crippen molar-refractivity contribution in [3.63, 3.8) is 0 Å². The van der Waals surface area contributed by atoms with Gasteiger partial charge in [-0.05, 0) is 43.9 Å². The highest BCUT2D eigenvalue weighted by molar-refractivity contribution is 5.53. The van der Waals surface area contributed by atoms with Crippen LogP contribution in [0.15, 0.2) is 24.3 Å². The maximum Gasteiger partial charge on any atom is 0.0396 e. The van der Waals surface area contributed by atoms with Gasteiger partial charge in [-0.2, -0.15) is 0 Å². The zero-order valence-corrected chi connectivity index (χ0v) is 12.7. The van der Waals surface area contributed by atoms with E-state index in [1.165, 1.54) is 56.8 Å². The third kappa shape index (κ3) is 4.24. The first kappa shape index (κ1) is 14.4. The summed E-state index contributed by atoms with van der Waals surface area (Å²) in [6.45, 7) is 12.9. The molecule has 0 unspecified atom stereocenters. The molecule has 0 spiro atoms. The monoisotopic (exact) mass is 260 g/mol. The Morgan fingerprint density at radius 1 is 1.05 bits per heavy atom. The molecule has 2 rings (SSSR count). The maximum atomic E-state index is 2.62. The van der Waals surface area contributed by atoms with E-state index in [1.807, 2.05) is 0 Å². The fourth-order valence-electron chi connectivity index (χ4n) is 2.85. The molecule has 19 heavy (non-hydrogen) atoms. The van der Waals surface area contributed by atoms with E-state index < -0.39 is 0 Å². The van der Waals surface area contributed by atoms with Gasteiger partial charge in [-0.15, -0.1) is 0 Å². The van der Waals surface area contributed by atoms with Crippen molar-refractivity contribution >= 4 is 5.69 Å². The van der Waals surface area contributed by atoms with Crippen LogP contribution >= 0.6 is 0 Å². The standard InChI is InChI=1S/C17H28N2/c1-15(2)7-6-10-18-11-13-19(14-12-18)17-9-5-4-8-16(17)3/h4-5,8-9,15H,6-7,10-14H2,1-3H3. The van der Waals surface area contributed by atoms with Gasteiger partial charge in [0.15, 0.2) is 0 Å². The Morgan fingerprint density at radius 2 is 1.74 bits per heavy atom. The predicted octanol–water partition coefficient (Wildman–Crippen LogP) is 3.55. The maximum absolute atomic E-state index is 2.62. The van der Waals surface area contributed by atoms with Crippen LogP contribution in [0.25, 0.3) is 0 Å². The lowest BCUT2D eigenvalue weighted by molar-refractivity contribution is 0.248. The van der Waals surface area contributed by atoms with Gasteiger partial charge in [0.2, 0.25) is 0 Å². The Bertz CT molecular complexity index is 379. The third-order valence-corrected chi connectivity index (χ3v) is 4.08. The number of para-hydroxylation sites is 1. The molecule has 1 heterocycles. The number of piperazine rings is 1. The number of rotatable bonds is 5. The molecule has 1 saturated heterocycles. The van der Waals surface area contributed by atoms with E-state index in [9.17, 15) is 0 Å². The van der Waals surface area contributed by atoms with Gasteiger partial charge < -0.3 is 4.90 Å². The third-order valence-electron chi connectivity index (χ3n) is 4.08. The summed E-state index contributed by atoms with van der Waals surface area (Å²) in [4.78, 5) is 5.16. The van der Waals surface area contributed by atoms with E-state index in [-0.39, 0.29) is 0 Å². The summed E-state index contributed by atoms with van der Waals surface area (Å²) in [5.74, 6) is 0.841. The molecule has 0 radical (unpaired) electrons. The molecule has 1 aromatic rings. The highest BCUT2D eigenvalue weighted by atomic mass is 15.3. The van der Waals surface area contributed by atoms with Gasteiger partial charge in [0.25, 0.3) is 0 Å². The molecule has 1 aromatic carbocycles. The predicted molar refractivity (Wildman–Crippen MR) is 83.9 cm³/mol. The Kier molecular flexibility index (Phi) is 5.26. The summed E-state index contributed by atoms with van der Waals surface area (Å²) in [7, 11) is 0. The summed E-state index contributed by atoms with van der Waals surface area (Å²) >= 11 is 0. The van der Waals surface area contributed by atoms with Gasteiger partial charge in [-0.25, -0.2) is 0 Å². The molecule has 0 aliphatic carbocycles. The first-order valence-corrected chi connectivity index (χ1v) is 7.70. The average Bonchev–Trinajstić information content (AvgIpc) is 2.40. The fraction of sp³-hybridized carbons (Fsp3) is 0.647. The largest absolute Gasteiger partial charge is 0.369 e. The molecule has 0 aromatic heterocycles. The lowest BCUT2D eigenvalue weighted by Crippen LogP contribution is -2.46. The molecule has 0 saturated carbocycles. The highest BCUT2D eigenvalue weighted by Crippen LogP contribution is 2.20. The fourth-order valence-corrected chi connectivity index (χ4v) is 2.85. The molecule has 1 aliphatic rings. The molecule has 0 atom stereocenters. The normalized spacial score (nSPS) is 17.2. The second kappa shape index (κ2) is 6.95. The van der Waals surface area contributed by atoms with Gasteiger partial charge in [-0.3, -0.25) is 4.90 Å². The van der Waals surface area contributed by atoms with E-state index in [1.54, 1.807) is 0 Å². The Morgan fingerprint density at radius 3 is 2.37 bits per heavy atom. The summed E-state index contributed by atoms with van der Waals surface area (Å²) in [5, 5.41) is 0. The number of anilines is 1. The molecule has 1 aliphatic heterocycles. The van der Waals surface area contributed by atoms with Crippen LogP contribution in [-0.2, 0) is 0 Å². The Balaban J connectivity index is 1.78. The minimum absolute atomic E-state index is 0.841. The molecule has 1 fully saturated rings. The van der Waals surface area contributed by atoms with Crippen LogP contribution in [0.3, 0.4) is 0 Å². The van der Waals surface area contributed by atoms with Crippen molar-refractivity contribution in [3.05, 3.63) is 29.8 Å². The first-order valence-electron chi connectivity index (χ1n) is 7.70. The van der Waals surface area contributed by atoms with E-state index >= 15 is 0 Å². The van der Waals surface area contributed by atoms with E-state index in [0.29, 0.717) is 0 Å². The van der Waals surface area contributed by atoms with Crippen molar-refractivity contribution in [3.8, 4) is 0 Å². The van der Waals surface area contributed by atoms with Crippen LogP contribution in [0.4, 0.5) is 5.69 Å². The van der Waals surface area contributed by atoms with E-state index in [0.717, 1.165) is 5.92 Å². The smallest absolute Gasteiger partial charge is 0.0396 e. The van der Waals surface area contributed by atoms with Crippen LogP contribution in [0.5, 0.6) is 0 Å². The number of hydrogen-bond acceptors (Lipinski definition) is 2. The van der Waals surface area contributed by atoms with Crippen molar-refractivity contribution in [1.82, 2.24) is 4.90 Å². The number of aryl methyl sites for hydroxylation is 1. The van der Waals surface area contributed by atoms with Crippen molar-refractivity contribution in [2.75, 3.05) is 37.6 Å². The van der Waals surface area contributed by atoms with Crippen molar-refractivity contribution < 1.29 is 0 Å². The van der Waals surface area contributed by atoms with Crippen LogP contribution < -0.4 is 4.90 Å². The lowest BCUT2D eigenvalue weighted by atomic mass is 10.1. The zero-order chi connectivity index (χ0) is 13.7. The molecule has 2 heteroatoms. The molecular weight excluding hydrogens is 232 g/mol. The van der Waals surface area contributed by atoms with Crippen molar-refractivity contribution in [2.24, 2.45) is 5.92 Å². The van der Waals surface area contributed by atoms with Crippen LogP contribution in [0, 0.1) is 12.8 Å². The molecule has 106 valence electrons. The van der Waals surface area contributed by atoms with Gasteiger partial charge in [-0.1, -0.05) is 32.0 Å². The summed E-state index contributed by atoms with van der Waals surface area (Å²) in [6.07, 6.45) is 2.71. The topological polar surface area (TPSA) is 6.48 Å². The molecule has 0 N–H and O–H groups in total. The van der Waals surface area contributed by atoms with Gasteiger partial charge in [0.05, 0.1) is 0 Å². The summed E-state index contributed by atoms with van der Waals surface area (Å²) in [5.41, 5.74) is 2.82. The average molecular weight is 260 g/mol. The van der Waals surface area contributed by atoms with Gasteiger partial charge in [0.1, 0.15) is 0 Å². The highest BCUT2D eigenvalue weighted by Gasteiger charge is 2.17. The second-order valence-electron chi connectivity index (χ2n) is 6.15. The molecule has 2 nitrogen and oxygen atoms in total. The van der Waals surface area contributed by atoms with E-state index in [4.69, 9.17) is 0 Å². The molecule has 0 amide bonds. The van der Waals surface area contributed by atoms with Crippen LogP contribution in [0.1, 0.15) is 32.3 Å². The molecule has 0 bridgehead atoms. The first-order chi connectivity index (χ1) is 9.16. The Labute approximate surface area is 118 Å². The Hall–Kier alpha value is -1.02. The summed E-state index contributed by atoms with van der Waals surface area (Å²) < 4.78 is 0. The van der Waals surface area contributed by atoms with Crippen LogP contribution in [-0.4, -0.2) is 37.6 Å². The number of nitrogens with zero attached hydrogens (tertiary/aromatic N) is 2. The van der Waals surface area contributed by atoms with Gasteiger partial charge >= 0.3 is 0 Å². The summed E-state index contributed by atoms with van der Waals surface area (Å²) in [6, 6.07) is 8.74. The lowest BCUT2D eigenvalue weighted by Gasteiger charge is -2.36. The minimum atomic E-state index is 0.841. The van der Waals surface area contributed by atoms with Crippen LogP contribution in [0.2, 0.25) is 0 Å². The van der Waals surface area contributed by atoms with Gasteiger partial charge in [0, 0.05) is 31.9 Å². The van der Waals surface area contributed by atoms with E-state index in [2.05, 4.69) is 54.8 Å². The van der Waals surface area contributed by atoms with Crippen molar-refractivity contribution in [1.29, 1.82) is 0 Å². The quantitative estimate of drug-likeness (QED) is 0.799.